The standard InChI is InChI=1S/C14H12BrNO4/c1-2-20-14(18)9-3-4-12(11(15)7-9)16-13(17)10-5-6-19-8-10/h3-8H,2H2,1H3,(H,16,17). The van der Waals surface area contributed by atoms with E-state index in [9.17, 15) is 9.59 Å². The fourth-order valence-electron chi connectivity index (χ4n) is 1.55. The van der Waals surface area contributed by atoms with Gasteiger partial charge >= 0.3 is 5.97 Å². The molecule has 0 unspecified atom stereocenters. The summed E-state index contributed by atoms with van der Waals surface area (Å²) in [4.78, 5) is 23.4. The fraction of sp³-hybridized carbons (Fsp3) is 0.143. The maximum Gasteiger partial charge on any atom is 0.338 e. The molecule has 0 saturated carbocycles. The average Bonchev–Trinajstić information content (AvgIpc) is 2.95. The summed E-state index contributed by atoms with van der Waals surface area (Å²) in [6.45, 7) is 2.06. The first kappa shape index (κ1) is 14.3. The van der Waals surface area contributed by atoms with Gasteiger partial charge in [-0.05, 0) is 47.1 Å². The molecule has 1 aromatic heterocycles. The van der Waals surface area contributed by atoms with Gasteiger partial charge in [0, 0.05) is 4.47 Å². The minimum Gasteiger partial charge on any atom is -0.472 e. The second-order valence-corrected chi connectivity index (χ2v) is 4.74. The zero-order valence-electron chi connectivity index (χ0n) is 10.7. The quantitative estimate of drug-likeness (QED) is 0.867. The number of hydrogen-bond donors (Lipinski definition) is 1. The molecule has 5 nitrogen and oxygen atoms in total. The van der Waals surface area contributed by atoms with Crippen LogP contribution < -0.4 is 5.32 Å². The van der Waals surface area contributed by atoms with Crippen molar-refractivity contribution in [3.8, 4) is 0 Å². The van der Waals surface area contributed by atoms with E-state index in [1.165, 1.54) is 12.5 Å². The van der Waals surface area contributed by atoms with Crippen LogP contribution in [-0.2, 0) is 4.74 Å². The lowest BCUT2D eigenvalue weighted by molar-refractivity contribution is 0.0526. The maximum atomic E-state index is 11.9. The largest absolute Gasteiger partial charge is 0.472 e. The Labute approximate surface area is 124 Å². The van der Waals surface area contributed by atoms with Crippen molar-refractivity contribution in [2.24, 2.45) is 0 Å². The molecule has 0 aliphatic heterocycles. The molecule has 2 aromatic rings. The highest BCUT2D eigenvalue weighted by Gasteiger charge is 2.12. The predicted molar refractivity (Wildman–Crippen MR) is 76.8 cm³/mol. The molecule has 1 N–H and O–H groups in total. The number of rotatable bonds is 4. The number of halogens is 1. The Balaban J connectivity index is 2.14. The Morgan fingerprint density at radius 1 is 1.30 bits per heavy atom. The van der Waals surface area contributed by atoms with Gasteiger partial charge in [0.15, 0.2) is 0 Å². The van der Waals surface area contributed by atoms with Crippen LogP contribution in [0.1, 0.15) is 27.6 Å². The predicted octanol–water partition coefficient (Wildman–Crippen LogP) is 3.47. The van der Waals surface area contributed by atoms with Crippen LogP contribution in [0.15, 0.2) is 45.7 Å². The van der Waals surface area contributed by atoms with E-state index in [0.29, 0.717) is 27.9 Å². The van der Waals surface area contributed by atoms with Crippen molar-refractivity contribution in [1.29, 1.82) is 0 Å². The number of amides is 1. The van der Waals surface area contributed by atoms with Gasteiger partial charge in [0.05, 0.1) is 29.7 Å². The van der Waals surface area contributed by atoms with Gasteiger partial charge < -0.3 is 14.5 Å². The number of hydrogen-bond acceptors (Lipinski definition) is 4. The van der Waals surface area contributed by atoms with Crippen molar-refractivity contribution >= 4 is 33.5 Å². The van der Waals surface area contributed by atoms with Crippen molar-refractivity contribution in [3.63, 3.8) is 0 Å². The Bertz CT molecular complexity index is 622. The van der Waals surface area contributed by atoms with Crippen LogP contribution in [0.4, 0.5) is 5.69 Å². The lowest BCUT2D eigenvalue weighted by Crippen LogP contribution is -2.12. The zero-order chi connectivity index (χ0) is 14.5. The molecule has 0 aliphatic rings. The number of anilines is 1. The van der Waals surface area contributed by atoms with Gasteiger partial charge in [0.1, 0.15) is 6.26 Å². The molecule has 0 fully saturated rings. The summed E-state index contributed by atoms with van der Waals surface area (Å²) in [6.07, 6.45) is 2.78. The van der Waals surface area contributed by atoms with E-state index in [2.05, 4.69) is 21.2 Å². The number of ether oxygens (including phenoxy) is 1. The smallest absolute Gasteiger partial charge is 0.338 e. The molecule has 1 aromatic carbocycles. The SMILES string of the molecule is CCOC(=O)c1ccc(NC(=O)c2ccoc2)c(Br)c1. The van der Waals surface area contributed by atoms with Crippen LogP contribution in [0.2, 0.25) is 0 Å². The Hall–Kier alpha value is -2.08. The van der Waals surface area contributed by atoms with Crippen molar-refractivity contribution < 1.29 is 18.7 Å². The third-order valence-corrected chi connectivity index (χ3v) is 3.17. The lowest BCUT2D eigenvalue weighted by atomic mass is 10.2. The van der Waals surface area contributed by atoms with E-state index in [0.717, 1.165) is 0 Å². The van der Waals surface area contributed by atoms with E-state index in [4.69, 9.17) is 9.15 Å². The molecular formula is C14H12BrNO4. The summed E-state index contributed by atoms with van der Waals surface area (Å²) in [5, 5.41) is 2.71. The van der Waals surface area contributed by atoms with E-state index in [1.807, 2.05) is 0 Å². The Kier molecular flexibility index (Phi) is 4.57. The number of furan rings is 1. The second kappa shape index (κ2) is 6.38. The van der Waals surface area contributed by atoms with Crippen LogP contribution >= 0.6 is 15.9 Å². The van der Waals surface area contributed by atoms with Gasteiger partial charge in [-0.25, -0.2) is 4.79 Å². The molecule has 6 heteroatoms. The highest BCUT2D eigenvalue weighted by Crippen LogP contribution is 2.24. The molecule has 2 rings (SSSR count). The van der Waals surface area contributed by atoms with Crippen molar-refractivity contribution in [2.45, 2.75) is 6.92 Å². The molecule has 104 valence electrons. The summed E-state index contributed by atoms with van der Waals surface area (Å²) >= 11 is 3.31. The van der Waals surface area contributed by atoms with Gasteiger partial charge in [-0.2, -0.15) is 0 Å². The van der Waals surface area contributed by atoms with Crippen LogP contribution in [-0.4, -0.2) is 18.5 Å². The van der Waals surface area contributed by atoms with Gasteiger partial charge in [-0.1, -0.05) is 0 Å². The second-order valence-electron chi connectivity index (χ2n) is 3.88. The Morgan fingerprint density at radius 3 is 2.70 bits per heavy atom. The molecule has 0 radical (unpaired) electrons. The topological polar surface area (TPSA) is 68.5 Å². The summed E-state index contributed by atoms with van der Waals surface area (Å²) < 4.78 is 10.3. The van der Waals surface area contributed by atoms with Gasteiger partial charge in [0.2, 0.25) is 0 Å². The first-order chi connectivity index (χ1) is 9.61. The van der Waals surface area contributed by atoms with Crippen LogP contribution in [0.25, 0.3) is 0 Å². The molecule has 20 heavy (non-hydrogen) atoms. The van der Waals surface area contributed by atoms with Crippen LogP contribution in [0.3, 0.4) is 0 Å². The molecule has 0 atom stereocenters. The van der Waals surface area contributed by atoms with E-state index < -0.39 is 5.97 Å². The third-order valence-electron chi connectivity index (χ3n) is 2.51. The van der Waals surface area contributed by atoms with Gasteiger partial charge in [-0.3, -0.25) is 4.79 Å². The summed E-state index contributed by atoms with van der Waals surface area (Å²) in [7, 11) is 0. The molecule has 0 aliphatic carbocycles. The summed E-state index contributed by atoms with van der Waals surface area (Å²) in [6, 6.07) is 6.39. The Morgan fingerprint density at radius 2 is 2.10 bits per heavy atom. The highest BCUT2D eigenvalue weighted by molar-refractivity contribution is 9.10. The molecule has 1 amide bonds. The molecule has 0 bridgehead atoms. The van der Waals surface area contributed by atoms with E-state index in [-0.39, 0.29) is 5.91 Å². The average molecular weight is 338 g/mol. The summed E-state index contributed by atoms with van der Waals surface area (Å²) in [5.41, 5.74) is 1.40. The van der Waals surface area contributed by atoms with Crippen molar-refractivity contribution in [3.05, 3.63) is 52.4 Å². The molecule has 0 saturated heterocycles. The highest BCUT2D eigenvalue weighted by atomic mass is 79.9. The molecular weight excluding hydrogens is 326 g/mol. The first-order valence-corrected chi connectivity index (χ1v) is 6.71. The fourth-order valence-corrected chi connectivity index (χ4v) is 2.02. The van der Waals surface area contributed by atoms with Gasteiger partial charge in [-0.15, -0.1) is 0 Å². The van der Waals surface area contributed by atoms with Crippen molar-refractivity contribution in [2.75, 3.05) is 11.9 Å². The third kappa shape index (κ3) is 3.27. The maximum absolute atomic E-state index is 11.9. The minimum atomic E-state index is -0.402. The molecule has 1 heterocycles. The van der Waals surface area contributed by atoms with E-state index in [1.54, 1.807) is 31.2 Å². The normalized spacial score (nSPS) is 10.1. The lowest BCUT2D eigenvalue weighted by Gasteiger charge is -2.08. The zero-order valence-corrected chi connectivity index (χ0v) is 12.3. The monoisotopic (exact) mass is 337 g/mol. The number of benzene rings is 1. The number of carbonyl (C=O) groups excluding carboxylic acids is 2. The van der Waals surface area contributed by atoms with Gasteiger partial charge in [0.25, 0.3) is 5.91 Å². The number of nitrogens with one attached hydrogen (secondary N) is 1. The van der Waals surface area contributed by atoms with Crippen molar-refractivity contribution in [1.82, 2.24) is 0 Å². The van der Waals surface area contributed by atoms with Crippen LogP contribution in [0.5, 0.6) is 0 Å². The molecule has 0 spiro atoms. The van der Waals surface area contributed by atoms with Crippen LogP contribution in [0, 0.1) is 0 Å². The van der Waals surface area contributed by atoms with E-state index >= 15 is 0 Å². The first-order valence-electron chi connectivity index (χ1n) is 5.92. The number of esters is 1. The summed E-state index contributed by atoms with van der Waals surface area (Å²) in [5.74, 6) is -0.691. The number of carbonyl (C=O) groups is 2. The minimum absolute atomic E-state index is 0.289.